The van der Waals surface area contributed by atoms with E-state index in [1.165, 1.54) is 29.0 Å². The Morgan fingerprint density at radius 1 is 0.815 bits per heavy atom. The molecular formula is C24H26O3. The Balaban J connectivity index is 1.42. The number of fused-ring (bicyclic) bond motifs is 1. The minimum atomic E-state index is -0.134. The van der Waals surface area contributed by atoms with Crippen molar-refractivity contribution in [2.75, 3.05) is 13.7 Å². The number of benzene rings is 3. The Kier molecular flexibility index (Phi) is 6.86. The number of methoxy groups -OCH3 is 1. The second-order valence-corrected chi connectivity index (χ2v) is 6.71. The minimum absolute atomic E-state index is 0.134. The van der Waals surface area contributed by atoms with Crippen LogP contribution in [0.25, 0.3) is 10.8 Å². The fraction of sp³-hybridized carbons (Fsp3) is 0.292. The molecule has 3 aromatic rings. The lowest BCUT2D eigenvalue weighted by Crippen LogP contribution is -2.01. The first-order valence-corrected chi connectivity index (χ1v) is 9.51. The summed E-state index contributed by atoms with van der Waals surface area (Å²) >= 11 is 0. The Labute approximate surface area is 160 Å². The lowest BCUT2D eigenvalue weighted by atomic mass is 10.1. The maximum atomic E-state index is 11.1. The third-order valence-electron chi connectivity index (χ3n) is 4.72. The fourth-order valence-corrected chi connectivity index (χ4v) is 3.13. The lowest BCUT2D eigenvalue weighted by Gasteiger charge is -2.08. The predicted molar refractivity (Wildman–Crippen MR) is 109 cm³/mol. The first-order valence-electron chi connectivity index (χ1n) is 9.51. The van der Waals surface area contributed by atoms with Crippen LogP contribution in [0, 0.1) is 0 Å². The SMILES string of the molecule is COC(=O)CCCCc1ccc(OCCc2ccc3ccccc3c2)cc1. The summed E-state index contributed by atoms with van der Waals surface area (Å²) in [5, 5.41) is 2.54. The maximum Gasteiger partial charge on any atom is 0.305 e. The number of ether oxygens (including phenoxy) is 2. The summed E-state index contributed by atoms with van der Waals surface area (Å²) in [7, 11) is 1.43. The van der Waals surface area contributed by atoms with Crippen LogP contribution in [-0.4, -0.2) is 19.7 Å². The lowest BCUT2D eigenvalue weighted by molar-refractivity contribution is -0.140. The van der Waals surface area contributed by atoms with Gasteiger partial charge in [0.15, 0.2) is 0 Å². The number of hydrogen-bond donors (Lipinski definition) is 0. The predicted octanol–water partition coefficient (Wildman–Crippen LogP) is 5.35. The third kappa shape index (κ3) is 5.85. The van der Waals surface area contributed by atoms with Crippen LogP contribution in [0.15, 0.2) is 66.7 Å². The zero-order chi connectivity index (χ0) is 18.9. The highest BCUT2D eigenvalue weighted by molar-refractivity contribution is 5.82. The molecule has 0 bridgehead atoms. The second-order valence-electron chi connectivity index (χ2n) is 6.71. The molecular weight excluding hydrogens is 336 g/mol. The van der Waals surface area contributed by atoms with Crippen molar-refractivity contribution in [2.45, 2.75) is 32.1 Å². The fourth-order valence-electron chi connectivity index (χ4n) is 3.13. The van der Waals surface area contributed by atoms with Crippen molar-refractivity contribution in [1.82, 2.24) is 0 Å². The molecule has 0 fully saturated rings. The molecule has 0 N–H and O–H groups in total. The Morgan fingerprint density at radius 3 is 2.33 bits per heavy atom. The van der Waals surface area contributed by atoms with Crippen LogP contribution in [-0.2, 0) is 22.4 Å². The summed E-state index contributed by atoms with van der Waals surface area (Å²) in [6.45, 7) is 0.664. The van der Waals surface area contributed by atoms with E-state index in [-0.39, 0.29) is 5.97 Å². The van der Waals surface area contributed by atoms with Crippen molar-refractivity contribution in [3.05, 3.63) is 77.9 Å². The van der Waals surface area contributed by atoms with Crippen LogP contribution in [0.1, 0.15) is 30.4 Å². The summed E-state index contributed by atoms with van der Waals surface area (Å²) in [5.74, 6) is 0.763. The molecule has 140 valence electrons. The molecule has 3 nitrogen and oxygen atoms in total. The van der Waals surface area contributed by atoms with Crippen LogP contribution in [0.3, 0.4) is 0 Å². The van der Waals surface area contributed by atoms with E-state index in [2.05, 4.69) is 59.3 Å². The number of unbranched alkanes of at least 4 members (excludes halogenated alkanes) is 1. The van der Waals surface area contributed by atoms with Crippen molar-refractivity contribution in [3.63, 3.8) is 0 Å². The molecule has 0 amide bonds. The molecule has 0 aliphatic heterocycles. The van der Waals surface area contributed by atoms with Gasteiger partial charge in [-0.1, -0.05) is 54.6 Å². The van der Waals surface area contributed by atoms with Crippen LogP contribution >= 0.6 is 0 Å². The standard InChI is InChI=1S/C24H26O3/c1-26-24(25)9-5-2-6-19-11-14-23(15-12-19)27-17-16-20-10-13-21-7-3-4-8-22(21)18-20/h3-4,7-8,10-15,18H,2,5-6,9,16-17H2,1H3. The molecule has 3 rings (SSSR count). The van der Waals surface area contributed by atoms with Crippen LogP contribution in [0.5, 0.6) is 5.75 Å². The molecule has 0 aliphatic rings. The minimum Gasteiger partial charge on any atom is -0.493 e. The van der Waals surface area contributed by atoms with E-state index in [0.29, 0.717) is 13.0 Å². The smallest absolute Gasteiger partial charge is 0.305 e. The molecule has 0 saturated heterocycles. The van der Waals surface area contributed by atoms with E-state index in [4.69, 9.17) is 4.74 Å². The van der Waals surface area contributed by atoms with Gasteiger partial charge in [0.1, 0.15) is 5.75 Å². The Hall–Kier alpha value is -2.81. The molecule has 0 atom stereocenters. The molecule has 3 aromatic carbocycles. The summed E-state index contributed by atoms with van der Waals surface area (Å²) in [5.41, 5.74) is 2.55. The van der Waals surface area contributed by atoms with Gasteiger partial charge in [0.05, 0.1) is 13.7 Å². The quantitative estimate of drug-likeness (QED) is 0.380. The zero-order valence-electron chi connectivity index (χ0n) is 15.8. The average molecular weight is 362 g/mol. The molecule has 0 aromatic heterocycles. The number of esters is 1. The number of rotatable bonds is 9. The van der Waals surface area contributed by atoms with Crippen molar-refractivity contribution in [1.29, 1.82) is 0 Å². The summed E-state index contributed by atoms with van der Waals surface area (Å²) in [4.78, 5) is 11.1. The molecule has 0 saturated carbocycles. The van der Waals surface area contributed by atoms with Crippen LogP contribution in [0.4, 0.5) is 0 Å². The van der Waals surface area contributed by atoms with Crippen LogP contribution < -0.4 is 4.74 Å². The summed E-state index contributed by atoms with van der Waals surface area (Å²) < 4.78 is 10.5. The number of carbonyl (C=O) groups excluding carboxylic acids is 1. The molecule has 27 heavy (non-hydrogen) atoms. The first-order chi connectivity index (χ1) is 13.2. The highest BCUT2D eigenvalue weighted by Crippen LogP contribution is 2.17. The van der Waals surface area contributed by atoms with Gasteiger partial charge in [-0.25, -0.2) is 0 Å². The second kappa shape index (κ2) is 9.77. The van der Waals surface area contributed by atoms with Gasteiger partial charge in [0.25, 0.3) is 0 Å². The van der Waals surface area contributed by atoms with Gasteiger partial charge in [-0.3, -0.25) is 4.79 Å². The molecule has 0 heterocycles. The monoisotopic (exact) mass is 362 g/mol. The Morgan fingerprint density at radius 2 is 1.56 bits per heavy atom. The number of aryl methyl sites for hydroxylation is 1. The van der Waals surface area contributed by atoms with Gasteiger partial charge in [0.2, 0.25) is 0 Å². The van der Waals surface area contributed by atoms with E-state index in [0.717, 1.165) is 31.4 Å². The van der Waals surface area contributed by atoms with Gasteiger partial charge in [0, 0.05) is 12.8 Å². The first kappa shape index (κ1) is 19.0. The number of hydrogen-bond acceptors (Lipinski definition) is 3. The molecule has 0 spiro atoms. The summed E-state index contributed by atoms with van der Waals surface area (Å²) in [6.07, 6.45) is 4.19. The number of carbonyl (C=O) groups is 1. The Bertz CT molecular complexity index is 868. The van der Waals surface area contributed by atoms with Gasteiger partial charge in [-0.2, -0.15) is 0 Å². The van der Waals surface area contributed by atoms with E-state index < -0.39 is 0 Å². The molecule has 3 heteroatoms. The molecule has 0 aliphatic carbocycles. The largest absolute Gasteiger partial charge is 0.493 e. The van der Waals surface area contributed by atoms with E-state index in [9.17, 15) is 4.79 Å². The highest BCUT2D eigenvalue weighted by Gasteiger charge is 2.01. The summed E-state index contributed by atoms with van der Waals surface area (Å²) in [6, 6.07) is 23.2. The molecule has 0 unspecified atom stereocenters. The van der Waals surface area contributed by atoms with E-state index in [1.807, 2.05) is 12.1 Å². The third-order valence-corrected chi connectivity index (χ3v) is 4.72. The van der Waals surface area contributed by atoms with Crippen molar-refractivity contribution >= 4 is 16.7 Å². The van der Waals surface area contributed by atoms with Gasteiger partial charge < -0.3 is 9.47 Å². The van der Waals surface area contributed by atoms with Crippen molar-refractivity contribution in [2.24, 2.45) is 0 Å². The topological polar surface area (TPSA) is 35.5 Å². The normalized spacial score (nSPS) is 10.7. The highest BCUT2D eigenvalue weighted by atomic mass is 16.5. The van der Waals surface area contributed by atoms with E-state index in [1.54, 1.807) is 0 Å². The van der Waals surface area contributed by atoms with Gasteiger partial charge in [-0.05, 0) is 53.3 Å². The zero-order valence-corrected chi connectivity index (χ0v) is 15.8. The van der Waals surface area contributed by atoms with Gasteiger partial charge in [-0.15, -0.1) is 0 Å². The van der Waals surface area contributed by atoms with Crippen molar-refractivity contribution < 1.29 is 14.3 Å². The molecule has 0 radical (unpaired) electrons. The van der Waals surface area contributed by atoms with Crippen molar-refractivity contribution in [3.8, 4) is 5.75 Å². The maximum absolute atomic E-state index is 11.1. The van der Waals surface area contributed by atoms with Gasteiger partial charge >= 0.3 is 5.97 Å². The average Bonchev–Trinajstić information content (AvgIpc) is 2.72. The van der Waals surface area contributed by atoms with E-state index >= 15 is 0 Å². The van der Waals surface area contributed by atoms with Crippen LogP contribution in [0.2, 0.25) is 0 Å².